The molecule has 82 valence electrons. The number of nitrogens with one attached hydrogen (secondary N) is 1. The van der Waals surface area contributed by atoms with Crippen LogP contribution in [-0.2, 0) is 0 Å². The number of hydrogen-bond donors (Lipinski definition) is 1. The topological polar surface area (TPSA) is 43.4 Å². The van der Waals surface area contributed by atoms with Crippen LogP contribution in [0.5, 0.6) is 11.6 Å². The molecule has 0 aliphatic heterocycles. The highest BCUT2D eigenvalue weighted by atomic mass is 16.5. The molecule has 4 heteroatoms. The Kier molecular flexibility index (Phi) is 3.06. The number of methoxy groups -OCH3 is 1. The number of ether oxygens (including phenoxy) is 2. The third-order valence-corrected chi connectivity index (χ3v) is 2.80. The van der Waals surface area contributed by atoms with E-state index in [0.717, 1.165) is 12.2 Å². The lowest BCUT2D eigenvalue weighted by Gasteiger charge is -2.35. The summed E-state index contributed by atoms with van der Waals surface area (Å²) in [5.41, 5.74) is 0. The highest BCUT2D eigenvalue weighted by Crippen LogP contribution is 2.25. The Hall–Kier alpha value is -1.29. The van der Waals surface area contributed by atoms with Gasteiger partial charge in [0.25, 0.3) is 0 Å². The van der Waals surface area contributed by atoms with Crippen molar-refractivity contribution in [3.63, 3.8) is 0 Å². The number of aromatic nitrogens is 1. The first-order valence-electron chi connectivity index (χ1n) is 5.17. The van der Waals surface area contributed by atoms with Crippen LogP contribution in [0, 0.1) is 0 Å². The van der Waals surface area contributed by atoms with Gasteiger partial charge in [-0.15, -0.1) is 0 Å². The minimum absolute atomic E-state index is 0.260. The van der Waals surface area contributed by atoms with Gasteiger partial charge in [0.2, 0.25) is 5.88 Å². The largest absolute Gasteiger partial charge is 0.495 e. The summed E-state index contributed by atoms with van der Waals surface area (Å²) < 4.78 is 10.8. The Morgan fingerprint density at radius 2 is 2.27 bits per heavy atom. The minimum Gasteiger partial charge on any atom is -0.495 e. The van der Waals surface area contributed by atoms with Crippen LogP contribution in [0.25, 0.3) is 0 Å². The lowest BCUT2D eigenvalue weighted by Crippen LogP contribution is -2.49. The van der Waals surface area contributed by atoms with Crippen LogP contribution in [0.3, 0.4) is 0 Å². The summed E-state index contributed by atoms with van der Waals surface area (Å²) in [5.74, 6) is 1.42. The summed E-state index contributed by atoms with van der Waals surface area (Å²) >= 11 is 0. The van der Waals surface area contributed by atoms with Crippen molar-refractivity contribution in [1.82, 2.24) is 10.3 Å². The second-order valence-electron chi connectivity index (χ2n) is 3.67. The lowest BCUT2D eigenvalue weighted by molar-refractivity contribution is 0.0725. The first kappa shape index (κ1) is 10.2. The zero-order valence-electron chi connectivity index (χ0n) is 9.06. The van der Waals surface area contributed by atoms with Crippen molar-refractivity contribution in [2.24, 2.45) is 0 Å². The van der Waals surface area contributed by atoms with Gasteiger partial charge in [-0.1, -0.05) is 0 Å². The van der Waals surface area contributed by atoms with Crippen molar-refractivity contribution in [2.75, 3.05) is 14.2 Å². The summed E-state index contributed by atoms with van der Waals surface area (Å²) in [6, 6.07) is 4.16. The Balaban J connectivity index is 1.93. The quantitative estimate of drug-likeness (QED) is 0.808. The van der Waals surface area contributed by atoms with E-state index in [2.05, 4.69) is 10.3 Å². The van der Waals surface area contributed by atoms with Crippen LogP contribution in [0.2, 0.25) is 0 Å². The van der Waals surface area contributed by atoms with E-state index in [-0.39, 0.29) is 6.10 Å². The molecule has 0 radical (unpaired) electrons. The molecule has 1 aliphatic carbocycles. The Morgan fingerprint density at radius 1 is 1.40 bits per heavy atom. The number of hydrogen-bond acceptors (Lipinski definition) is 4. The molecule has 2 rings (SSSR count). The summed E-state index contributed by atoms with van der Waals surface area (Å²) in [5, 5.41) is 3.22. The molecule has 2 atom stereocenters. The Labute approximate surface area is 89.6 Å². The molecule has 0 unspecified atom stereocenters. The Morgan fingerprint density at radius 3 is 2.73 bits per heavy atom. The highest BCUT2D eigenvalue weighted by molar-refractivity contribution is 5.23. The van der Waals surface area contributed by atoms with Gasteiger partial charge in [0.15, 0.2) is 0 Å². The van der Waals surface area contributed by atoms with Crippen LogP contribution in [-0.4, -0.2) is 31.3 Å². The van der Waals surface area contributed by atoms with E-state index in [9.17, 15) is 0 Å². The second kappa shape index (κ2) is 4.49. The van der Waals surface area contributed by atoms with E-state index >= 15 is 0 Å². The summed E-state index contributed by atoms with van der Waals surface area (Å²) in [4.78, 5) is 4.17. The summed E-state index contributed by atoms with van der Waals surface area (Å²) in [6.07, 6.45) is 4.20. The Bertz CT molecular complexity index is 311. The monoisotopic (exact) mass is 208 g/mol. The van der Waals surface area contributed by atoms with Crippen LogP contribution in [0.1, 0.15) is 12.8 Å². The van der Waals surface area contributed by atoms with E-state index in [0.29, 0.717) is 11.9 Å². The fourth-order valence-corrected chi connectivity index (χ4v) is 1.65. The van der Waals surface area contributed by atoms with E-state index < -0.39 is 0 Å². The van der Waals surface area contributed by atoms with Gasteiger partial charge in [0, 0.05) is 12.1 Å². The van der Waals surface area contributed by atoms with Crippen LogP contribution in [0.4, 0.5) is 0 Å². The molecule has 15 heavy (non-hydrogen) atoms. The molecule has 4 nitrogen and oxygen atoms in total. The predicted octanol–water partition coefficient (Wildman–Crippen LogP) is 1.22. The maximum atomic E-state index is 5.72. The molecule has 1 aromatic rings. The van der Waals surface area contributed by atoms with Gasteiger partial charge in [-0.25, -0.2) is 4.98 Å². The highest BCUT2D eigenvalue weighted by Gasteiger charge is 2.31. The smallest absolute Gasteiger partial charge is 0.213 e. The van der Waals surface area contributed by atoms with Gasteiger partial charge in [0.05, 0.1) is 13.3 Å². The molecule has 1 heterocycles. The van der Waals surface area contributed by atoms with E-state index in [1.165, 1.54) is 6.42 Å². The van der Waals surface area contributed by atoms with Gasteiger partial charge in [-0.2, -0.15) is 0 Å². The van der Waals surface area contributed by atoms with Gasteiger partial charge >= 0.3 is 0 Å². The molecular weight excluding hydrogens is 192 g/mol. The van der Waals surface area contributed by atoms with E-state index in [1.807, 2.05) is 19.2 Å². The molecule has 0 bridgehead atoms. The van der Waals surface area contributed by atoms with Crippen molar-refractivity contribution < 1.29 is 9.47 Å². The lowest BCUT2D eigenvalue weighted by atomic mass is 9.89. The fourth-order valence-electron chi connectivity index (χ4n) is 1.65. The van der Waals surface area contributed by atoms with Gasteiger partial charge in [-0.3, -0.25) is 0 Å². The van der Waals surface area contributed by atoms with Crippen molar-refractivity contribution in [1.29, 1.82) is 0 Å². The van der Waals surface area contributed by atoms with Crippen molar-refractivity contribution in [3.8, 4) is 11.6 Å². The van der Waals surface area contributed by atoms with Crippen molar-refractivity contribution >= 4 is 0 Å². The number of likely N-dealkylation sites (N-methyl/N-ethyl adjacent to an activating group) is 1. The predicted molar refractivity (Wildman–Crippen MR) is 57.3 cm³/mol. The normalized spacial score (nSPS) is 24.4. The standard InChI is InChI=1S/C11H16N2O2/c1-12-9-4-5-10(9)15-11-6-3-8(14-2)7-13-11/h3,6-7,9-10,12H,4-5H2,1-2H3/t9-,10-/m1/s1. The first-order valence-corrected chi connectivity index (χ1v) is 5.17. The molecule has 0 spiro atoms. The molecular formula is C11H16N2O2. The summed E-state index contributed by atoms with van der Waals surface area (Å²) in [7, 11) is 3.59. The zero-order valence-corrected chi connectivity index (χ0v) is 9.06. The molecule has 0 amide bonds. The zero-order chi connectivity index (χ0) is 10.7. The third-order valence-electron chi connectivity index (χ3n) is 2.80. The van der Waals surface area contributed by atoms with E-state index in [4.69, 9.17) is 9.47 Å². The third kappa shape index (κ3) is 2.21. The molecule has 0 aromatic carbocycles. The maximum Gasteiger partial charge on any atom is 0.213 e. The second-order valence-corrected chi connectivity index (χ2v) is 3.67. The molecule has 1 aliphatic rings. The minimum atomic E-state index is 0.260. The molecule has 1 fully saturated rings. The average molecular weight is 208 g/mol. The molecule has 1 aromatic heterocycles. The molecule has 1 saturated carbocycles. The van der Waals surface area contributed by atoms with Crippen molar-refractivity contribution in [3.05, 3.63) is 18.3 Å². The van der Waals surface area contributed by atoms with Crippen LogP contribution >= 0.6 is 0 Å². The van der Waals surface area contributed by atoms with Gasteiger partial charge in [0.1, 0.15) is 11.9 Å². The van der Waals surface area contributed by atoms with Crippen LogP contribution in [0.15, 0.2) is 18.3 Å². The first-order chi connectivity index (χ1) is 7.33. The average Bonchev–Trinajstić information content (AvgIpc) is 2.26. The van der Waals surface area contributed by atoms with Gasteiger partial charge < -0.3 is 14.8 Å². The molecule has 1 N–H and O–H groups in total. The van der Waals surface area contributed by atoms with Crippen molar-refractivity contribution in [2.45, 2.75) is 25.0 Å². The number of nitrogens with zero attached hydrogens (tertiary/aromatic N) is 1. The fraction of sp³-hybridized carbons (Fsp3) is 0.545. The SMILES string of the molecule is CN[C@@H]1CC[C@H]1Oc1ccc(OC)cn1. The number of rotatable bonds is 4. The number of pyridine rings is 1. The summed E-state index contributed by atoms with van der Waals surface area (Å²) in [6.45, 7) is 0. The maximum absolute atomic E-state index is 5.72. The molecule has 0 saturated heterocycles. The van der Waals surface area contributed by atoms with Crippen LogP contribution < -0.4 is 14.8 Å². The van der Waals surface area contributed by atoms with E-state index in [1.54, 1.807) is 13.3 Å². The van der Waals surface area contributed by atoms with Gasteiger partial charge in [-0.05, 0) is 26.0 Å².